The number of aromatic nitrogens is 1. The molecule has 1 amide bonds. The summed E-state index contributed by atoms with van der Waals surface area (Å²) in [5, 5.41) is 3.04. The predicted octanol–water partition coefficient (Wildman–Crippen LogP) is 4.83. The quantitative estimate of drug-likeness (QED) is 0.574. The van der Waals surface area contributed by atoms with E-state index in [4.69, 9.17) is 4.74 Å². The lowest BCUT2D eigenvalue weighted by Crippen LogP contribution is -2.44. The minimum Gasteiger partial charge on any atom is -0.370 e. The van der Waals surface area contributed by atoms with E-state index in [9.17, 15) is 9.18 Å². The van der Waals surface area contributed by atoms with Gasteiger partial charge in [0.25, 0.3) is 5.91 Å². The SMILES string of the molecule is O=C(NCC1CCC2(CCN(Cc3cccnc3)CC2)O1)c1ccc(-c2ccc(F)cc2)cc1. The van der Waals surface area contributed by atoms with Gasteiger partial charge < -0.3 is 10.1 Å². The molecule has 3 heterocycles. The number of halogens is 1. The first-order valence-electron chi connectivity index (χ1n) is 12.0. The molecule has 2 aliphatic rings. The summed E-state index contributed by atoms with van der Waals surface area (Å²) in [7, 11) is 0. The van der Waals surface area contributed by atoms with Crippen molar-refractivity contribution in [3.05, 3.63) is 90.0 Å². The molecular formula is C28H30FN3O2. The summed E-state index contributed by atoms with van der Waals surface area (Å²) in [5.41, 5.74) is 3.69. The summed E-state index contributed by atoms with van der Waals surface area (Å²) in [5.74, 6) is -0.354. The lowest BCUT2D eigenvalue weighted by atomic mass is 9.88. The summed E-state index contributed by atoms with van der Waals surface area (Å²) >= 11 is 0. The van der Waals surface area contributed by atoms with Crippen molar-refractivity contribution in [3.8, 4) is 11.1 Å². The van der Waals surface area contributed by atoms with Crippen LogP contribution in [-0.4, -0.2) is 47.1 Å². The van der Waals surface area contributed by atoms with Gasteiger partial charge in [0.2, 0.25) is 0 Å². The van der Waals surface area contributed by atoms with E-state index < -0.39 is 0 Å². The fourth-order valence-electron chi connectivity index (χ4n) is 5.04. The van der Waals surface area contributed by atoms with Crippen LogP contribution in [-0.2, 0) is 11.3 Å². The largest absolute Gasteiger partial charge is 0.370 e. The number of ether oxygens (including phenoxy) is 1. The van der Waals surface area contributed by atoms with E-state index in [-0.39, 0.29) is 23.4 Å². The molecule has 2 aliphatic heterocycles. The van der Waals surface area contributed by atoms with Crippen molar-refractivity contribution in [1.82, 2.24) is 15.2 Å². The summed E-state index contributed by atoms with van der Waals surface area (Å²) in [4.78, 5) is 19.3. The third-order valence-corrected chi connectivity index (χ3v) is 7.05. The standard InChI is InChI=1S/C28H30FN3O2/c29-25-9-7-23(8-10-25)22-3-5-24(6-4-22)27(33)31-19-26-11-12-28(34-26)13-16-32(17-14-28)20-21-2-1-15-30-18-21/h1-10,15,18,26H,11-14,16-17,19-20H2,(H,31,33). The third-order valence-electron chi connectivity index (χ3n) is 7.05. The first-order valence-corrected chi connectivity index (χ1v) is 12.0. The normalized spacial score (nSPS) is 19.9. The fourth-order valence-corrected chi connectivity index (χ4v) is 5.04. The molecule has 1 spiro atoms. The number of carbonyl (C=O) groups excluding carboxylic acids is 1. The van der Waals surface area contributed by atoms with Gasteiger partial charge >= 0.3 is 0 Å². The van der Waals surface area contributed by atoms with E-state index in [0.29, 0.717) is 12.1 Å². The molecule has 1 atom stereocenters. The molecule has 5 rings (SSSR count). The van der Waals surface area contributed by atoms with Crippen LogP contribution in [0.1, 0.15) is 41.6 Å². The van der Waals surface area contributed by atoms with Crippen LogP contribution < -0.4 is 5.32 Å². The first kappa shape index (κ1) is 22.7. The summed E-state index contributed by atoms with van der Waals surface area (Å²) < 4.78 is 19.6. The number of benzene rings is 2. The van der Waals surface area contributed by atoms with Gasteiger partial charge in [0.05, 0.1) is 11.7 Å². The highest BCUT2D eigenvalue weighted by Crippen LogP contribution is 2.39. The van der Waals surface area contributed by atoms with Crippen LogP contribution in [0, 0.1) is 5.82 Å². The number of nitrogens with one attached hydrogen (secondary N) is 1. The molecule has 2 aromatic carbocycles. The number of pyridine rings is 1. The van der Waals surface area contributed by atoms with Crippen LogP contribution in [0.2, 0.25) is 0 Å². The predicted molar refractivity (Wildman–Crippen MR) is 130 cm³/mol. The van der Waals surface area contributed by atoms with Gasteiger partial charge in [0.15, 0.2) is 0 Å². The molecule has 34 heavy (non-hydrogen) atoms. The second-order valence-electron chi connectivity index (χ2n) is 9.39. The van der Waals surface area contributed by atoms with Crippen molar-refractivity contribution in [3.63, 3.8) is 0 Å². The van der Waals surface area contributed by atoms with Crippen LogP contribution in [0.25, 0.3) is 11.1 Å². The Bertz CT molecular complexity index is 1090. The number of hydrogen-bond acceptors (Lipinski definition) is 4. The Balaban J connectivity index is 1.08. The molecule has 2 fully saturated rings. The summed E-state index contributed by atoms with van der Waals surface area (Å²) in [6.07, 6.45) is 7.90. The molecule has 2 saturated heterocycles. The fraction of sp³-hybridized carbons (Fsp3) is 0.357. The van der Waals surface area contributed by atoms with Crippen LogP contribution in [0.3, 0.4) is 0 Å². The number of nitrogens with zero attached hydrogens (tertiary/aromatic N) is 2. The molecule has 0 radical (unpaired) electrons. The Kier molecular flexibility index (Phi) is 6.70. The summed E-state index contributed by atoms with van der Waals surface area (Å²) in [6, 6.07) is 17.9. The van der Waals surface area contributed by atoms with Crippen LogP contribution in [0.5, 0.6) is 0 Å². The van der Waals surface area contributed by atoms with Gasteiger partial charge in [-0.1, -0.05) is 30.3 Å². The second-order valence-corrected chi connectivity index (χ2v) is 9.39. The maximum atomic E-state index is 13.1. The first-order chi connectivity index (χ1) is 16.6. The van der Waals surface area contributed by atoms with Crippen LogP contribution >= 0.6 is 0 Å². The van der Waals surface area contributed by atoms with Crippen molar-refractivity contribution < 1.29 is 13.9 Å². The van der Waals surface area contributed by atoms with Crippen molar-refractivity contribution in [1.29, 1.82) is 0 Å². The lowest BCUT2D eigenvalue weighted by molar-refractivity contribution is -0.0764. The highest BCUT2D eigenvalue weighted by atomic mass is 19.1. The Morgan fingerprint density at radius 1 is 1.03 bits per heavy atom. The van der Waals surface area contributed by atoms with Gasteiger partial charge in [-0.2, -0.15) is 0 Å². The van der Waals surface area contributed by atoms with Crippen LogP contribution in [0.15, 0.2) is 73.1 Å². The minimum absolute atomic E-state index is 0.0440. The average molecular weight is 460 g/mol. The van der Waals surface area contributed by atoms with Crippen molar-refractivity contribution in [2.24, 2.45) is 0 Å². The molecular weight excluding hydrogens is 429 g/mol. The number of piperidine rings is 1. The number of likely N-dealkylation sites (tertiary alicyclic amines) is 1. The molecule has 1 unspecified atom stereocenters. The molecule has 176 valence electrons. The van der Waals surface area contributed by atoms with Crippen molar-refractivity contribution >= 4 is 5.91 Å². The zero-order valence-electron chi connectivity index (χ0n) is 19.3. The molecule has 0 bridgehead atoms. The maximum absolute atomic E-state index is 13.1. The number of hydrogen-bond donors (Lipinski definition) is 1. The molecule has 5 nitrogen and oxygen atoms in total. The van der Waals surface area contributed by atoms with Crippen LogP contribution in [0.4, 0.5) is 4.39 Å². The van der Waals surface area contributed by atoms with Gasteiger partial charge in [0.1, 0.15) is 5.82 Å². The highest BCUT2D eigenvalue weighted by molar-refractivity contribution is 5.94. The monoisotopic (exact) mass is 459 g/mol. The molecule has 3 aromatic rings. The number of amides is 1. The average Bonchev–Trinajstić information content (AvgIpc) is 3.28. The van der Waals surface area contributed by atoms with Gasteiger partial charge in [-0.05, 0) is 72.7 Å². The van der Waals surface area contributed by atoms with E-state index in [1.807, 2.05) is 42.7 Å². The van der Waals surface area contributed by atoms with E-state index >= 15 is 0 Å². The third kappa shape index (κ3) is 5.34. The zero-order chi connectivity index (χ0) is 23.4. The highest BCUT2D eigenvalue weighted by Gasteiger charge is 2.42. The van der Waals surface area contributed by atoms with Gasteiger partial charge in [-0.3, -0.25) is 14.7 Å². The second kappa shape index (κ2) is 10.0. The Labute approximate surface area is 200 Å². The topological polar surface area (TPSA) is 54.5 Å². The smallest absolute Gasteiger partial charge is 0.251 e. The molecule has 0 aliphatic carbocycles. The minimum atomic E-state index is -0.258. The van der Waals surface area contributed by atoms with E-state index in [2.05, 4.69) is 21.3 Å². The Hall–Kier alpha value is -3.09. The van der Waals surface area contributed by atoms with Crippen molar-refractivity contribution in [2.75, 3.05) is 19.6 Å². The molecule has 1 aromatic heterocycles. The molecule has 6 heteroatoms. The number of carbonyl (C=O) groups is 1. The summed E-state index contributed by atoms with van der Waals surface area (Å²) in [6.45, 7) is 3.51. The van der Waals surface area contributed by atoms with E-state index in [0.717, 1.165) is 56.4 Å². The van der Waals surface area contributed by atoms with E-state index in [1.165, 1.54) is 17.7 Å². The Morgan fingerprint density at radius 3 is 2.41 bits per heavy atom. The van der Waals surface area contributed by atoms with Gasteiger partial charge in [-0.15, -0.1) is 0 Å². The van der Waals surface area contributed by atoms with Crippen molar-refractivity contribution in [2.45, 2.75) is 43.9 Å². The number of rotatable bonds is 6. The van der Waals surface area contributed by atoms with Gasteiger partial charge in [0, 0.05) is 44.1 Å². The maximum Gasteiger partial charge on any atom is 0.251 e. The van der Waals surface area contributed by atoms with E-state index in [1.54, 1.807) is 12.1 Å². The molecule has 0 saturated carbocycles. The lowest BCUT2D eigenvalue weighted by Gasteiger charge is -2.39. The zero-order valence-corrected chi connectivity index (χ0v) is 19.3. The molecule has 1 N–H and O–H groups in total. The van der Waals surface area contributed by atoms with Gasteiger partial charge in [-0.25, -0.2) is 4.39 Å². The Morgan fingerprint density at radius 2 is 1.74 bits per heavy atom.